The quantitative estimate of drug-likeness (QED) is 0.892. The summed E-state index contributed by atoms with van der Waals surface area (Å²) in [7, 11) is 3.40. The van der Waals surface area contributed by atoms with Crippen molar-refractivity contribution in [3.8, 4) is 5.75 Å². The Morgan fingerprint density at radius 2 is 1.70 bits per heavy atom. The van der Waals surface area contributed by atoms with Crippen molar-refractivity contribution in [2.75, 3.05) is 24.8 Å². The second-order valence-corrected chi connectivity index (χ2v) is 5.31. The molecule has 0 unspecified atom stereocenters. The summed E-state index contributed by atoms with van der Waals surface area (Å²) >= 11 is 3.50. The van der Waals surface area contributed by atoms with Gasteiger partial charge >= 0.3 is 0 Å². The zero-order valence-electron chi connectivity index (χ0n) is 11.9. The average molecular weight is 337 g/mol. The highest BCUT2D eigenvalue weighted by Gasteiger charge is 2.13. The molecule has 2 rings (SSSR count). The minimum absolute atomic E-state index is 0.594. The Hall–Kier alpha value is -1.82. The number of methoxy groups -OCH3 is 1. The van der Waals surface area contributed by atoms with E-state index >= 15 is 0 Å². The Labute approximate surface area is 126 Å². The largest absolute Gasteiger partial charge is 0.490 e. The van der Waals surface area contributed by atoms with Gasteiger partial charge in [-0.1, -0.05) is 15.9 Å². The van der Waals surface area contributed by atoms with Gasteiger partial charge in [0.2, 0.25) is 5.75 Å². The smallest absolute Gasteiger partial charge is 0.204 e. The first-order valence-corrected chi connectivity index (χ1v) is 6.96. The molecule has 6 heteroatoms. The maximum Gasteiger partial charge on any atom is 0.204 e. The molecule has 2 aromatic rings. The first kappa shape index (κ1) is 14.6. The summed E-state index contributed by atoms with van der Waals surface area (Å²) in [5.74, 6) is 1.88. The molecule has 5 nitrogen and oxygen atoms in total. The highest BCUT2D eigenvalue weighted by atomic mass is 79.9. The van der Waals surface area contributed by atoms with Gasteiger partial charge in [-0.25, -0.2) is 9.97 Å². The molecule has 0 saturated carbocycles. The molecule has 106 valence electrons. The molecule has 0 spiro atoms. The van der Waals surface area contributed by atoms with Gasteiger partial charge in [-0.2, -0.15) is 0 Å². The molecule has 0 fully saturated rings. The predicted molar refractivity (Wildman–Crippen MR) is 85.0 cm³/mol. The molecule has 0 radical (unpaired) electrons. The highest BCUT2D eigenvalue weighted by Crippen LogP contribution is 2.34. The van der Waals surface area contributed by atoms with Gasteiger partial charge in [0, 0.05) is 17.2 Å². The van der Waals surface area contributed by atoms with E-state index in [1.807, 2.05) is 13.8 Å². The monoisotopic (exact) mass is 336 g/mol. The zero-order chi connectivity index (χ0) is 14.7. The van der Waals surface area contributed by atoms with Gasteiger partial charge in [-0.05, 0) is 37.1 Å². The molecule has 0 aliphatic heterocycles. The number of hydrogen-bond donors (Lipinski definition) is 2. The van der Waals surface area contributed by atoms with E-state index in [-0.39, 0.29) is 0 Å². The second kappa shape index (κ2) is 6.09. The fraction of sp³-hybridized carbons (Fsp3) is 0.286. The van der Waals surface area contributed by atoms with Crippen LogP contribution in [0.5, 0.6) is 5.75 Å². The SMILES string of the molecule is CNc1ncnc(Nc2c(C)cc(Br)cc2C)c1OC. The molecule has 0 aliphatic rings. The van der Waals surface area contributed by atoms with E-state index < -0.39 is 0 Å². The van der Waals surface area contributed by atoms with E-state index in [0.29, 0.717) is 17.4 Å². The lowest BCUT2D eigenvalue weighted by Crippen LogP contribution is -2.04. The molecule has 0 aliphatic carbocycles. The predicted octanol–water partition coefficient (Wildman–Crippen LogP) is 3.65. The number of nitrogens with zero attached hydrogens (tertiary/aromatic N) is 2. The summed E-state index contributed by atoms with van der Waals surface area (Å²) in [6.07, 6.45) is 1.50. The fourth-order valence-electron chi connectivity index (χ4n) is 2.06. The van der Waals surface area contributed by atoms with E-state index in [4.69, 9.17) is 4.74 Å². The third-order valence-electron chi connectivity index (χ3n) is 2.99. The van der Waals surface area contributed by atoms with Crippen LogP contribution in [0, 0.1) is 13.8 Å². The molecule has 1 aromatic heterocycles. The van der Waals surface area contributed by atoms with Crippen LogP contribution >= 0.6 is 15.9 Å². The number of aryl methyl sites for hydroxylation is 2. The van der Waals surface area contributed by atoms with Gasteiger partial charge in [0.1, 0.15) is 6.33 Å². The number of hydrogen-bond acceptors (Lipinski definition) is 5. The Morgan fingerprint density at radius 1 is 1.10 bits per heavy atom. The number of benzene rings is 1. The lowest BCUT2D eigenvalue weighted by atomic mass is 10.1. The van der Waals surface area contributed by atoms with Crippen molar-refractivity contribution in [3.63, 3.8) is 0 Å². The van der Waals surface area contributed by atoms with Crippen molar-refractivity contribution < 1.29 is 4.74 Å². The molecule has 2 N–H and O–H groups in total. The zero-order valence-corrected chi connectivity index (χ0v) is 13.5. The summed E-state index contributed by atoms with van der Waals surface area (Å²) in [6, 6.07) is 4.12. The lowest BCUT2D eigenvalue weighted by Gasteiger charge is -2.16. The van der Waals surface area contributed by atoms with Gasteiger partial charge < -0.3 is 15.4 Å². The minimum Gasteiger partial charge on any atom is -0.490 e. The Kier molecular flexibility index (Phi) is 4.44. The number of aromatic nitrogens is 2. The van der Waals surface area contributed by atoms with Crippen LogP contribution in [-0.2, 0) is 0 Å². The van der Waals surface area contributed by atoms with E-state index in [9.17, 15) is 0 Å². The number of nitrogens with one attached hydrogen (secondary N) is 2. The Morgan fingerprint density at radius 3 is 2.25 bits per heavy atom. The minimum atomic E-state index is 0.594. The van der Waals surface area contributed by atoms with Crippen LogP contribution in [0.3, 0.4) is 0 Å². The molecular weight excluding hydrogens is 320 g/mol. The van der Waals surface area contributed by atoms with Crippen LogP contribution in [0.25, 0.3) is 0 Å². The van der Waals surface area contributed by atoms with Crippen molar-refractivity contribution in [2.24, 2.45) is 0 Å². The number of anilines is 3. The first-order chi connectivity index (χ1) is 9.56. The third-order valence-corrected chi connectivity index (χ3v) is 3.44. The molecule has 20 heavy (non-hydrogen) atoms. The molecule has 0 amide bonds. The van der Waals surface area contributed by atoms with E-state index in [2.05, 4.69) is 48.7 Å². The molecule has 0 saturated heterocycles. The van der Waals surface area contributed by atoms with Gasteiger partial charge in [-0.15, -0.1) is 0 Å². The van der Waals surface area contributed by atoms with Crippen molar-refractivity contribution >= 4 is 33.3 Å². The van der Waals surface area contributed by atoms with Crippen molar-refractivity contribution in [1.29, 1.82) is 0 Å². The van der Waals surface area contributed by atoms with Crippen LogP contribution in [-0.4, -0.2) is 24.1 Å². The van der Waals surface area contributed by atoms with Crippen LogP contribution < -0.4 is 15.4 Å². The Bertz CT molecular complexity index is 608. The van der Waals surface area contributed by atoms with Gasteiger partial charge in [-0.3, -0.25) is 0 Å². The summed E-state index contributed by atoms with van der Waals surface area (Å²) in [5, 5.41) is 6.31. The first-order valence-electron chi connectivity index (χ1n) is 6.17. The van der Waals surface area contributed by atoms with Gasteiger partial charge in [0.25, 0.3) is 0 Å². The summed E-state index contributed by atoms with van der Waals surface area (Å²) in [5.41, 5.74) is 3.28. The highest BCUT2D eigenvalue weighted by molar-refractivity contribution is 9.10. The summed E-state index contributed by atoms with van der Waals surface area (Å²) < 4.78 is 6.44. The third kappa shape index (κ3) is 2.85. The van der Waals surface area contributed by atoms with Crippen molar-refractivity contribution in [1.82, 2.24) is 9.97 Å². The van der Waals surface area contributed by atoms with Gasteiger partial charge in [0.05, 0.1) is 7.11 Å². The van der Waals surface area contributed by atoms with Crippen LogP contribution in [0.2, 0.25) is 0 Å². The van der Waals surface area contributed by atoms with Crippen LogP contribution in [0.15, 0.2) is 22.9 Å². The molecule has 1 aromatic carbocycles. The van der Waals surface area contributed by atoms with Crippen molar-refractivity contribution in [2.45, 2.75) is 13.8 Å². The lowest BCUT2D eigenvalue weighted by molar-refractivity contribution is 0.415. The van der Waals surface area contributed by atoms with E-state index in [0.717, 1.165) is 21.3 Å². The fourth-order valence-corrected chi connectivity index (χ4v) is 2.75. The van der Waals surface area contributed by atoms with E-state index in [1.165, 1.54) is 6.33 Å². The van der Waals surface area contributed by atoms with Crippen molar-refractivity contribution in [3.05, 3.63) is 34.1 Å². The number of rotatable bonds is 4. The van der Waals surface area contributed by atoms with E-state index in [1.54, 1.807) is 14.2 Å². The Balaban J connectivity index is 2.45. The average Bonchev–Trinajstić information content (AvgIpc) is 2.42. The second-order valence-electron chi connectivity index (χ2n) is 4.39. The number of halogens is 1. The van der Waals surface area contributed by atoms with Crippen LogP contribution in [0.4, 0.5) is 17.3 Å². The molecule has 0 atom stereocenters. The molecule has 1 heterocycles. The number of ether oxygens (including phenoxy) is 1. The molecular formula is C14H17BrN4O. The normalized spacial score (nSPS) is 10.2. The maximum absolute atomic E-state index is 5.38. The van der Waals surface area contributed by atoms with Gasteiger partial charge in [0.15, 0.2) is 11.6 Å². The summed E-state index contributed by atoms with van der Waals surface area (Å²) in [4.78, 5) is 8.39. The van der Waals surface area contributed by atoms with Crippen LogP contribution in [0.1, 0.15) is 11.1 Å². The summed E-state index contributed by atoms with van der Waals surface area (Å²) in [6.45, 7) is 4.10. The maximum atomic E-state index is 5.38. The standard InChI is InChI=1S/C14H17BrN4O/c1-8-5-10(15)6-9(2)11(8)19-14-12(20-4)13(16-3)17-7-18-14/h5-7H,1-4H3,(H2,16,17,18,19). The molecule has 0 bridgehead atoms. The topological polar surface area (TPSA) is 59.1 Å².